The van der Waals surface area contributed by atoms with Gasteiger partial charge in [0.15, 0.2) is 5.96 Å². The number of hydrogen-bond donors (Lipinski definition) is 2. The summed E-state index contributed by atoms with van der Waals surface area (Å²) in [5.74, 6) is 0.750. The SMILES string of the molecule is CCNC(=NCc1ccccc1OC(F)F)NCCc1cn2ccccc2n1. The van der Waals surface area contributed by atoms with Crippen LogP contribution < -0.4 is 15.4 Å². The molecule has 0 aliphatic heterocycles. The minimum atomic E-state index is -2.86. The number of alkyl halides is 2. The smallest absolute Gasteiger partial charge is 0.387 e. The van der Waals surface area contributed by atoms with Crippen LogP contribution in [0.15, 0.2) is 59.9 Å². The molecule has 0 spiro atoms. The monoisotopic (exact) mass is 387 g/mol. The second-order valence-electron chi connectivity index (χ2n) is 6.06. The molecule has 3 aromatic rings. The molecule has 0 bridgehead atoms. The highest BCUT2D eigenvalue weighted by Gasteiger charge is 2.09. The van der Waals surface area contributed by atoms with Crippen LogP contribution in [-0.2, 0) is 13.0 Å². The molecule has 2 N–H and O–H groups in total. The molecule has 0 atom stereocenters. The number of nitrogens with one attached hydrogen (secondary N) is 2. The highest BCUT2D eigenvalue weighted by molar-refractivity contribution is 5.79. The Balaban J connectivity index is 1.60. The van der Waals surface area contributed by atoms with Crippen molar-refractivity contribution >= 4 is 11.6 Å². The van der Waals surface area contributed by atoms with E-state index in [0.717, 1.165) is 17.8 Å². The van der Waals surface area contributed by atoms with E-state index < -0.39 is 6.61 Å². The van der Waals surface area contributed by atoms with Crippen molar-refractivity contribution < 1.29 is 13.5 Å². The van der Waals surface area contributed by atoms with Crippen molar-refractivity contribution in [3.63, 3.8) is 0 Å². The van der Waals surface area contributed by atoms with E-state index in [2.05, 4.69) is 25.3 Å². The zero-order chi connectivity index (χ0) is 19.8. The van der Waals surface area contributed by atoms with E-state index in [-0.39, 0.29) is 12.3 Å². The van der Waals surface area contributed by atoms with Gasteiger partial charge in [-0.25, -0.2) is 9.98 Å². The fourth-order valence-corrected chi connectivity index (χ4v) is 2.77. The topological polar surface area (TPSA) is 63.0 Å². The fourth-order valence-electron chi connectivity index (χ4n) is 2.77. The first kappa shape index (κ1) is 19.6. The Bertz CT molecular complexity index is 893. The quantitative estimate of drug-likeness (QED) is 0.460. The molecule has 0 fully saturated rings. The lowest BCUT2D eigenvalue weighted by molar-refractivity contribution is -0.0504. The maximum Gasteiger partial charge on any atom is 0.387 e. The number of nitrogens with zero attached hydrogens (tertiary/aromatic N) is 3. The molecular weight excluding hydrogens is 364 g/mol. The second kappa shape index (κ2) is 9.68. The van der Waals surface area contributed by atoms with Gasteiger partial charge in [0, 0.05) is 37.5 Å². The molecule has 6 nitrogen and oxygen atoms in total. The third-order valence-corrected chi connectivity index (χ3v) is 4.03. The lowest BCUT2D eigenvalue weighted by Gasteiger charge is -2.12. The normalized spacial score (nSPS) is 11.8. The molecule has 0 aliphatic rings. The highest BCUT2D eigenvalue weighted by atomic mass is 19.3. The Labute approximate surface area is 162 Å². The summed E-state index contributed by atoms with van der Waals surface area (Å²) in [4.78, 5) is 9.03. The summed E-state index contributed by atoms with van der Waals surface area (Å²) in [6, 6.07) is 12.5. The molecule has 148 valence electrons. The van der Waals surface area contributed by atoms with Gasteiger partial charge in [0.25, 0.3) is 0 Å². The summed E-state index contributed by atoms with van der Waals surface area (Å²) >= 11 is 0. The second-order valence-corrected chi connectivity index (χ2v) is 6.06. The molecule has 0 saturated heterocycles. The Hall–Kier alpha value is -3.16. The van der Waals surface area contributed by atoms with Crippen molar-refractivity contribution in [2.45, 2.75) is 26.5 Å². The van der Waals surface area contributed by atoms with Gasteiger partial charge in [-0.2, -0.15) is 8.78 Å². The Morgan fingerprint density at radius 3 is 2.79 bits per heavy atom. The van der Waals surface area contributed by atoms with Gasteiger partial charge in [0.2, 0.25) is 0 Å². The standard InChI is InChI=1S/C20H23F2N5O/c1-2-23-20(25-13-15-7-3-4-8-17(15)28-19(21)22)24-11-10-16-14-27-12-6-5-9-18(27)26-16/h3-9,12,14,19H,2,10-11,13H2,1H3,(H2,23,24,25). The van der Waals surface area contributed by atoms with Crippen LogP contribution >= 0.6 is 0 Å². The van der Waals surface area contributed by atoms with E-state index >= 15 is 0 Å². The number of para-hydroxylation sites is 1. The number of pyridine rings is 1. The first-order chi connectivity index (χ1) is 13.7. The summed E-state index contributed by atoms with van der Waals surface area (Å²) in [5, 5.41) is 6.39. The Morgan fingerprint density at radius 1 is 1.18 bits per heavy atom. The number of imidazole rings is 1. The Kier molecular flexibility index (Phi) is 6.78. The largest absolute Gasteiger partial charge is 0.434 e. The lowest BCUT2D eigenvalue weighted by Crippen LogP contribution is -2.38. The van der Waals surface area contributed by atoms with Crippen LogP contribution in [0.1, 0.15) is 18.2 Å². The molecule has 8 heteroatoms. The molecule has 2 aromatic heterocycles. The van der Waals surface area contributed by atoms with Crippen LogP contribution in [0.3, 0.4) is 0 Å². The number of hydrogen-bond acceptors (Lipinski definition) is 3. The predicted molar refractivity (Wildman–Crippen MR) is 105 cm³/mol. The number of aliphatic imine (C=N–C) groups is 1. The molecule has 28 heavy (non-hydrogen) atoms. The van der Waals surface area contributed by atoms with E-state index in [4.69, 9.17) is 0 Å². The van der Waals surface area contributed by atoms with Crippen LogP contribution in [0.2, 0.25) is 0 Å². The number of rotatable bonds is 8. The van der Waals surface area contributed by atoms with Crippen molar-refractivity contribution in [1.82, 2.24) is 20.0 Å². The molecule has 3 rings (SSSR count). The van der Waals surface area contributed by atoms with Gasteiger partial charge < -0.3 is 19.8 Å². The van der Waals surface area contributed by atoms with Crippen LogP contribution in [0, 0.1) is 0 Å². The van der Waals surface area contributed by atoms with Gasteiger partial charge in [-0.1, -0.05) is 24.3 Å². The maximum absolute atomic E-state index is 12.5. The van der Waals surface area contributed by atoms with Crippen molar-refractivity contribution in [2.24, 2.45) is 4.99 Å². The molecule has 0 aliphatic carbocycles. The molecular formula is C20H23F2N5O. The number of halogens is 2. The minimum absolute atomic E-state index is 0.141. The van der Waals surface area contributed by atoms with Crippen molar-refractivity contribution in [2.75, 3.05) is 13.1 Å². The van der Waals surface area contributed by atoms with Crippen LogP contribution in [0.5, 0.6) is 5.75 Å². The summed E-state index contributed by atoms with van der Waals surface area (Å²) in [6.45, 7) is 0.668. The van der Waals surface area contributed by atoms with Gasteiger partial charge in [0.1, 0.15) is 11.4 Å². The van der Waals surface area contributed by atoms with Crippen LogP contribution in [-0.4, -0.2) is 35.0 Å². The van der Waals surface area contributed by atoms with E-state index in [1.165, 1.54) is 6.07 Å². The third kappa shape index (κ3) is 5.42. The van der Waals surface area contributed by atoms with Crippen molar-refractivity contribution in [1.29, 1.82) is 0 Å². The number of fused-ring (bicyclic) bond motifs is 1. The van der Waals surface area contributed by atoms with Gasteiger partial charge in [-0.15, -0.1) is 0 Å². The number of guanidine groups is 1. The average Bonchev–Trinajstić information content (AvgIpc) is 3.09. The summed E-state index contributed by atoms with van der Waals surface area (Å²) in [7, 11) is 0. The fraction of sp³-hybridized carbons (Fsp3) is 0.300. The van der Waals surface area contributed by atoms with E-state index in [9.17, 15) is 8.78 Å². The van der Waals surface area contributed by atoms with Crippen LogP contribution in [0.4, 0.5) is 8.78 Å². The molecule has 0 radical (unpaired) electrons. The lowest BCUT2D eigenvalue weighted by atomic mass is 10.2. The van der Waals surface area contributed by atoms with E-state index in [1.807, 2.05) is 41.9 Å². The predicted octanol–water partition coefficient (Wildman–Crippen LogP) is 3.23. The van der Waals surface area contributed by atoms with Gasteiger partial charge in [-0.05, 0) is 25.1 Å². The average molecular weight is 387 g/mol. The van der Waals surface area contributed by atoms with Gasteiger partial charge in [-0.3, -0.25) is 0 Å². The van der Waals surface area contributed by atoms with E-state index in [0.29, 0.717) is 24.6 Å². The van der Waals surface area contributed by atoms with E-state index in [1.54, 1.807) is 18.2 Å². The minimum Gasteiger partial charge on any atom is -0.434 e. The highest BCUT2D eigenvalue weighted by Crippen LogP contribution is 2.20. The van der Waals surface area contributed by atoms with Crippen molar-refractivity contribution in [3.05, 3.63) is 66.1 Å². The summed E-state index contributed by atoms with van der Waals surface area (Å²) < 4.78 is 31.6. The summed E-state index contributed by atoms with van der Waals surface area (Å²) in [5.41, 5.74) is 2.49. The van der Waals surface area contributed by atoms with Crippen LogP contribution in [0.25, 0.3) is 5.65 Å². The number of aromatic nitrogens is 2. The molecule has 0 unspecified atom stereocenters. The van der Waals surface area contributed by atoms with Gasteiger partial charge >= 0.3 is 6.61 Å². The number of benzene rings is 1. The molecule has 1 aromatic carbocycles. The molecule has 0 saturated carbocycles. The number of ether oxygens (including phenoxy) is 1. The first-order valence-electron chi connectivity index (χ1n) is 9.13. The summed E-state index contributed by atoms with van der Waals surface area (Å²) in [6.07, 6.45) is 4.69. The first-order valence-corrected chi connectivity index (χ1v) is 9.13. The third-order valence-electron chi connectivity index (χ3n) is 4.03. The zero-order valence-electron chi connectivity index (χ0n) is 15.6. The Morgan fingerprint density at radius 2 is 2.00 bits per heavy atom. The molecule has 2 heterocycles. The molecule has 0 amide bonds. The van der Waals surface area contributed by atoms with Crippen molar-refractivity contribution in [3.8, 4) is 5.75 Å². The maximum atomic E-state index is 12.5. The zero-order valence-corrected chi connectivity index (χ0v) is 15.6. The van der Waals surface area contributed by atoms with Gasteiger partial charge in [0.05, 0.1) is 12.2 Å².